The van der Waals surface area contributed by atoms with Crippen LogP contribution in [-0.2, 0) is 28.1 Å². The molecule has 0 fully saturated rings. The summed E-state index contributed by atoms with van der Waals surface area (Å²) in [7, 11) is -14.1. The molecule has 0 spiro atoms. The molecule has 1 aromatic carbocycles. The minimum atomic E-state index is -4.70. The molecule has 0 aliphatic carbocycles. The summed E-state index contributed by atoms with van der Waals surface area (Å²) in [6.45, 7) is 2.38. The molecule has 0 radical (unpaired) electrons. The van der Waals surface area contributed by atoms with Crippen molar-refractivity contribution in [2.24, 2.45) is 0 Å². The van der Waals surface area contributed by atoms with E-state index in [1.165, 1.54) is 0 Å². The number of benzene rings is 1. The second-order valence-corrected chi connectivity index (χ2v) is 11.9. The molecule has 3 atom stereocenters. The SMILES string of the molecule is CC(=O)P(=O)(O)c1cc(P(=O)(O)C(C)=O)cc(P(=O)(O)C(C)=O)c1.[H-].[Na+]. The van der Waals surface area contributed by atoms with Gasteiger partial charge in [-0.2, -0.15) is 0 Å². The molecule has 0 saturated heterocycles. The van der Waals surface area contributed by atoms with E-state index < -0.39 is 54.6 Å². The molecule has 1 aromatic rings. The summed E-state index contributed by atoms with van der Waals surface area (Å²) < 4.78 is 36.3. The van der Waals surface area contributed by atoms with Crippen molar-refractivity contribution < 1.29 is 73.7 Å². The fraction of sp³-hybridized carbons (Fsp3) is 0.250. The van der Waals surface area contributed by atoms with Crippen LogP contribution < -0.4 is 45.5 Å². The van der Waals surface area contributed by atoms with Gasteiger partial charge < -0.3 is 16.1 Å². The number of carbonyl (C=O) groups is 3. The number of carbonyl (C=O) groups excluding carboxylic acids is 3. The summed E-state index contributed by atoms with van der Waals surface area (Å²) in [6, 6.07) is 2.02. The molecule has 3 unspecified atom stereocenters. The van der Waals surface area contributed by atoms with E-state index in [0.29, 0.717) is 18.2 Å². The Hall–Kier alpha value is -0.200. The normalized spacial score (nSPS) is 18.0. The average molecular weight is 420 g/mol. The van der Waals surface area contributed by atoms with Crippen LogP contribution in [-0.4, -0.2) is 31.3 Å². The van der Waals surface area contributed by atoms with Crippen LogP contribution in [0.5, 0.6) is 0 Å². The zero-order valence-electron chi connectivity index (χ0n) is 14.9. The third-order valence-corrected chi connectivity index (χ3v) is 8.65. The van der Waals surface area contributed by atoms with Crippen LogP contribution in [0.4, 0.5) is 0 Å². The van der Waals surface area contributed by atoms with Crippen LogP contribution in [0.3, 0.4) is 0 Å². The van der Waals surface area contributed by atoms with Crippen LogP contribution in [0.2, 0.25) is 0 Å². The molecule has 0 aromatic heterocycles. The van der Waals surface area contributed by atoms with Gasteiger partial charge in [0.05, 0.1) is 0 Å². The van der Waals surface area contributed by atoms with Crippen molar-refractivity contribution in [1.82, 2.24) is 0 Å². The van der Waals surface area contributed by atoms with Crippen molar-refractivity contribution in [3.63, 3.8) is 0 Å². The Balaban J connectivity index is 0. The summed E-state index contributed by atoms with van der Waals surface area (Å²) in [5.74, 6) is 0. The van der Waals surface area contributed by atoms with E-state index in [4.69, 9.17) is 0 Å². The second kappa shape index (κ2) is 8.22. The molecule has 3 N–H and O–H groups in total. The third kappa shape index (κ3) is 4.95. The molecule has 0 heterocycles. The molecule has 9 nitrogen and oxygen atoms in total. The van der Waals surface area contributed by atoms with Crippen LogP contribution in [0.25, 0.3) is 0 Å². The maximum absolute atomic E-state index is 12.1. The molecule has 1 rings (SSSR count). The van der Waals surface area contributed by atoms with Gasteiger partial charge in [-0.05, 0) is 18.2 Å². The Morgan fingerprint density at radius 2 is 0.840 bits per heavy atom. The van der Waals surface area contributed by atoms with E-state index in [2.05, 4.69) is 0 Å². The summed E-state index contributed by atoms with van der Waals surface area (Å²) in [5.41, 5.74) is -3.55. The Morgan fingerprint density at radius 1 is 0.680 bits per heavy atom. The first kappa shape index (κ1) is 24.8. The van der Waals surface area contributed by atoms with Crippen molar-refractivity contribution in [3.8, 4) is 0 Å². The third-order valence-electron chi connectivity index (χ3n) is 3.22. The fourth-order valence-electron chi connectivity index (χ4n) is 1.65. The van der Waals surface area contributed by atoms with Crippen LogP contribution >= 0.6 is 22.1 Å². The Morgan fingerprint density at radius 3 is 0.960 bits per heavy atom. The van der Waals surface area contributed by atoms with Gasteiger partial charge in [0.1, 0.15) is 0 Å². The van der Waals surface area contributed by atoms with Gasteiger partial charge in [-0.15, -0.1) is 0 Å². The molecule has 25 heavy (non-hydrogen) atoms. The van der Waals surface area contributed by atoms with Crippen LogP contribution in [0.1, 0.15) is 22.2 Å². The topological polar surface area (TPSA) is 163 Å². The van der Waals surface area contributed by atoms with Crippen LogP contribution in [0, 0.1) is 0 Å². The molecule has 134 valence electrons. The van der Waals surface area contributed by atoms with Gasteiger partial charge in [-0.1, -0.05) is 0 Å². The standard InChI is InChI=1S/C12H15O9P3.Na.H/c1-7(13)22(16,17)10-4-11(23(18,19)8(2)14)6-12(5-10)24(20,21)9(3)15;;/h4-6H,1-3H3,(H,16,17)(H,18,19)(H,20,21);;/q;+1;-1. The predicted molar refractivity (Wildman–Crippen MR) is 88.0 cm³/mol. The molecule has 0 saturated carbocycles. The van der Waals surface area contributed by atoms with Gasteiger partial charge >= 0.3 is 29.6 Å². The Labute approximate surface area is 167 Å². The van der Waals surface area contributed by atoms with E-state index >= 15 is 0 Å². The first-order chi connectivity index (χ1) is 10.6. The maximum Gasteiger partial charge on any atom is 1.00 e. The largest absolute Gasteiger partial charge is 1.00 e. The van der Waals surface area contributed by atoms with Crippen molar-refractivity contribution in [2.75, 3.05) is 0 Å². The van der Waals surface area contributed by atoms with Crippen molar-refractivity contribution in [2.45, 2.75) is 20.8 Å². The van der Waals surface area contributed by atoms with E-state index in [9.17, 15) is 42.8 Å². The van der Waals surface area contributed by atoms with Gasteiger partial charge in [0, 0.05) is 36.7 Å². The second-order valence-electron chi connectivity index (χ2n) is 4.99. The van der Waals surface area contributed by atoms with Gasteiger partial charge in [0.15, 0.2) is 0 Å². The minimum absolute atomic E-state index is 0. The first-order valence-electron chi connectivity index (χ1n) is 6.33. The zero-order chi connectivity index (χ0) is 19.1. The quantitative estimate of drug-likeness (QED) is 0.324. The summed E-state index contributed by atoms with van der Waals surface area (Å²) in [6.07, 6.45) is 0. The van der Waals surface area contributed by atoms with Crippen molar-refractivity contribution in [3.05, 3.63) is 18.2 Å². The van der Waals surface area contributed by atoms with Crippen LogP contribution in [0.15, 0.2) is 18.2 Å². The molecule has 0 aliphatic heterocycles. The van der Waals surface area contributed by atoms with E-state index in [0.717, 1.165) is 20.8 Å². The van der Waals surface area contributed by atoms with E-state index in [-0.39, 0.29) is 31.0 Å². The zero-order valence-corrected chi connectivity index (χ0v) is 18.5. The Bertz CT molecular complexity index is 771. The maximum atomic E-state index is 12.1. The Kier molecular flexibility index (Phi) is 8.15. The monoisotopic (exact) mass is 420 g/mol. The van der Waals surface area contributed by atoms with Gasteiger partial charge in [-0.25, -0.2) is 0 Å². The smallest absolute Gasteiger partial charge is 1.00 e. The molecule has 13 heteroatoms. The van der Waals surface area contributed by atoms with Crippen molar-refractivity contribution >= 4 is 54.6 Å². The van der Waals surface area contributed by atoms with Gasteiger partial charge in [-0.3, -0.25) is 28.1 Å². The minimum Gasteiger partial charge on any atom is -1.00 e. The summed E-state index contributed by atoms with van der Waals surface area (Å²) in [5, 5.41) is -2.14. The molecular formula is C12H16NaO9P3. The predicted octanol–water partition coefficient (Wildman–Crippen LogP) is -2.87. The number of hydrogen-bond donors (Lipinski definition) is 3. The van der Waals surface area contributed by atoms with Crippen molar-refractivity contribution in [1.29, 1.82) is 0 Å². The van der Waals surface area contributed by atoms with E-state index in [1.807, 2.05) is 0 Å². The summed E-state index contributed by atoms with van der Waals surface area (Å²) >= 11 is 0. The molecule has 0 bridgehead atoms. The number of rotatable bonds is 6. The van der Waals surface area contributed by atoms with Gasteiger partial charge in [0.2, 0.25) is 16.6 Å². The molecule has 0 aliphatic rings. The number of hydrogen-bond acceptors (Lipinski definition) is 6. The average Bonchev–Trinajstić information content (AvgIpc) is 2.46. The fourth-order valence-corrected chi connectivity index (χ4v) is 4.93. The molecular weight excluding hydrogens is 404 g/mol. The summed E-state index contributed by atoms with van der Waals surface area (Å²) in [4.78, 5) is 63.5. The molecule has 0 amide bonds. The first-order valence-corrected chi connectivity index (χ1v) is 11.3. The van der Waals surface area contributed by atoms with Gasteiger partial charge in [0.25, 0.3) is 22.1 Å². The van der Waals surface area contributed by atoms with E-state index in [1.54, 1.807) is 0 Å².